The number of rotatable bonds is 9. The van der Waals surface area contributed by atoms with E-state index in [4.69, 9.17) is 5.73 Å². The Morgan fingerprint density at radius 2 is 1.55 bits per heavy atom. The number of hydrogen-bond donors (Lipinski definition) is 1. The second-order valence-corrected chi connectivity index (χ2v) is 11.4. The quantitative estimate of drug-likeness (QED) is 0.406. The summed E-state index contributed by atoms with van der Waals surface area (Å²) in [5.74, 6) is -3.54. The van der Waals surface area contributed by atoms with Crippen LogP contribution in [0.5, 0.6) is 0 Å². The van der Waals surface area contributed by atoms with E-state index in [1.165, 1.54) is 17.2 Å². The molecule has 5 rings (SSSR count). The molecule has 7 heteroatoms. The van der Waals surface area contributed by atoms with Crippen molar-refractivity contribution in [3.63, 3.8) is 0 Å². The molecule has 2 fully saturated rings. The molecule has 2 aliphatic rings. The Balaban J connectivity index is 1.38. The van der Waals surface area contributed by atoms with E-state index in [0.717, 1.165) is 44.6 Å². The van der Waals surface area contributed by atoms with Crippen molar-refractivity contribution in [3.05, 3.63) is 107 Å². The molecule has 2 heterocycles. The van der Waals surface area contributed by atoms with Crippen molar-refractivity contribution >= 4 is 11.8 Å². The predicted octanol–water partition coefficient (Wildman–Crippen LogP) is 5.12. The number of halogens is 2. The number of nitrogens with two attached hydrogens (primary N) is 1. The highest BCUT2D eigenvalue weighted by Crippen LogP contribution is 2.36. The molecule has 210 valence electrons. The normalized spacial score (nSPS) is 22.8. The Morgan fingerprint density at radius 3 is 2.17 bits per heavy atom. The topological polar surface area (TPSA) is 66.6 Å². The summed E-state index contributed by atoms with van der Waals surface area (Å²) in [5, 5.41) is 0. The Labute approximate surface area is 235 Å². The standard InChI is InChI=1S/C33H37F2N3O2/c1-22(32(36)39)29(16-23-12-13-30(34)31(35)17-23)33(40)38-20-27(25-10-6-3-7-11-25)18-28(38)21-37-15-14-26(19-37)24-8-4-2-5-9-24/h2-13,17,22,26-29H,14-16,18-21H2,1H3,(H2,36,39)/t22?,26?,27-,28-,29-/m0/s1. The lowest BCUT2D eigenvalue weighted by Crippen LogP contribution is -2.48. The lowest BCUT2D eigenvalue weighted by Gasteiger charge is -2.33. The van der Waals surface area contributed by atoms with Gasteiger partial charge in [-0.1, -0.05) is 73.7 Å². The van der Waals surface area contributed by atoms with E-state index < -0.39 is 29.4 Å². The van der Waals surface area contributed by atoms with E-state index in [9.17, 15) is 18.4 Å². The summed E-state index contributed by atoms with van der Waals surface area (Å²) in [6.07, 6.45) is 2.01. The van der Waals surface area contributed by atoms with Crippen LogP contribution in [0.3, 0.4) is 0 Å². The predicted molar refractivity (Wildman–Crippen MR) is 151 cm³/mol. The molecule has 2 amide bonds. The maximum absolute atomic E-state index is 14.2. The summed E-state index contributed by atoms with van der Waals surface area (Å²) < 4.78 is 27.6. The first kappa shape index (κ1) is 28.0. The van der Waals surface area contributed by atoms with Crippen LogP contribution in [0, 0.1) is 23.5 Å². The van der Waals surface area contributed by atoms with E-state index in [2.05, 4.69) is 41.3 Å². The zero-order valence-electron chi connectivity index (χ0n) is 22.9. The third kappa shape index (κ3) is 6.25. The van der Waals surface area contributed by atoms with Gasteiger partial charge in [-0.05, 0) is 60.5 Å². The van der Waals surface area contributed by atoms with Crippen LogP contribution in [0.25, 0.3) is 0 Å². The molecule has 40 heavy (non-hydrogen) atoms. The van der Waals surface area contributed by atoms with Crippen molar-refractivity contribution in [3.8, 4) is 0 Å². The average molecular weight is 546 g/mol. The lowest BCUT2D eigenvalue weighted by molar-refractivity contribution is -0.141. The number of amides is 2. The minimum atomic E-state index is -0.972. The Hall–Kier alpha value is -3.58. The van der Waals surface area contributed by atoms with Gasteiger partial charge in [-0.3, -0.25) is 9.59 Å². The van der Waals surface area contributed by atoms with Gasteiger partial charge in [-0.25, -0.2) is 8.78 Å². The van der Waals surface area contributed by atoms with Gasteiger partial charge in [0.25, 0.3) is 0 Å². The lowest BCUT2D eigenvalue weighted by atomic mass is 9.86. The van der Waals surface area contributed by atoms with Crippen LogP contribution < -0.4 is 5.73 Å². The molecule has 5 atom stereocenters. The van der Waals surface area contributed by atoms with Crippen LogP contribution in [0.1, 0.15) is 48.3 Å². The zero-order chi connectivity index (χ0) is 28.2. The van der Waals surface area contributed by atoms with Crippen LogP contribution in [0.2, 0.25) is 0 Å². The number of carbonyl (C=O) groups excluding carboxylic acids is 2. The van der Waals surface area contributed by atoms with Crippen LogP contribution in [0.15, 0.2) is 78.9 Å². The molecule has 3 aromatic rings. The Kier molecular flexibility index (Phi) is 8.60. The van der Waals surface area contributed by atoms with E-state index in [1.54, 1.807) is 6.92 Å². The summed E-state index contributed by atoms with van der Waals surface area (Å²) >= 11 is 0. The molecule has 2 N–H and O–H groups in total. The summed E-state index contributed by atoms with van der Waals surface area (Å²) in [6, 6.07) is 24.4. The molecule has 2 saturated heterocycles. The number of primary amides is 1. The van der Waals surface area contributed by atoms with E-state index in [1.807, 2.05) is 29.2 Å². The molecular weight excluding hydrogens is 508 g/mol. The maximum atomic E-state index is 14.2. The van der Waals surface area contributed by atoms with E-state index in [0.29, 0.717) is 18.0 Å². The first-order valence-electron chi connectivity index (χ1n) is 14.2. The van der Waals surface area contributed by atoms with Crippen molar-refractivity contribution in [2.24, 2.45) is 17.6 Å². The summed E-state index contributed by atoms with van der Waals surface area (Å²) in [7, 11) is 0. The second-order valence-electron chi connectivity index (χ2n) is 11.4. The monoisotopic (exact) mass is 545 g/mol. The van der Waals surface area contributed by atoms with Gasteiger partial charge in [-0.2, -0.15) is 0 Å². The average Bonchev–Trinajstić information content (AvgIpc) is 3.61. The Morgan fingerprint density at radius 1 is 0.900 bits per heavy atom. The molecule has 5 nitrogen and oxygen atoms in total. The molecule has 0 spiro atoms. The zero-order valence-corrected chi connectivity index (χ0v) is 22.9. The fraction of sp³-hybridized carbons (Fsp3) is 0.394. The smallest absolute Gasteiger partial charge is 0.227 e. The van der Waals surface area contributed by atoms with Gasteiger partial charge in [0.15, 0.2) is 11.6 Å². The molecule has 0 saturated carbocycles. The van der Waals surface area contributed by atoms with Crippen LogP contribution in [-0.4, -0.2) is 53.8 Å². The second kappa shape index (κ2) is 12.3. The van der Waals surface area contributed by atoms with E-state index in [-0.39, 0.29) is 24.3 Å². The van der Waals surface area contributed by atoms with Gasteiger partial charge < -0.3 is 15.5 Å². The van der Waals surface area contributed by atoms with Crippen molar-refractivity contribution in [2.45, 2.75) is 44.1 Å². The molecule has 0 aliphatic carbocycles. The maximum Gasteiger partial charge on any atom is 0.227 e. The van der Waals surface area contributed by atoms with Gasteiger partial charge in [0, 0.05) is 37.5 Å². The van der Waals surface area contributed by atoms with Crippen molar-refractivity contribution in [1.82, 2.24) is 9.80 Å². The molecule has 0 radical (unpaired) electrons. The van der Waals surface area contributed by atoms with Crippen LogP contribution in [-0.2, 0) is 16.0 Å². The fourth-order valence-corrected chi connectivity index (χ4v) is 6.43. The van der Waals surface area contributed by atoms with Crippen molar-refractivity contribution in [1.29, 1.82) is 0 Å². The summed E-state index contributed by atoms with van der Waals surface area (Å²) in [5.41, 5.74) is 8.68. The van der Waals surface area contributed by atoms with Gasteiger partial charge in [0.1, 0.15) is 0 Å². The van der Waals surface area contributed by atoms with E-state index >= 15 is 0 Å². The number of carbonyl (C=O) groups is 2. The van der Waals surface area contributed by atoms with Crippen molar-refractivity contribution < 1.29 is 18.4 Å². The van der Waals surface area contributed by atoms with Crippen LogP contribution >= 0.6 is 0 Å². The first-order chi connectivity index (χ1) is 19.3. The van der Waals surface area contributed by atoms with Gasteiger partial charge in [0.2, 0.25) is 11.8 Å². The SMILES string of the molecule is CC(C(N)=O)[C@H](Cc1ccc(F)c(F)c1)C(=O)N1C[C@@H](c2ccccc2)C[C@H]1CN1CCC(c2ccccc2)C1. The van der Waals surface area contributed by atoms with Gasteiger partial charge in [0.05, 0.1) is 5.92 Å². The fourth-order valence-electron chi connectivity index (χ4n) is 6.43. The molecular formula is C33H37F2N3O2. The highest BCUT2D eigenvalue weighted by Gasteiger charge is 2.42. The molecule has 3 aromatic carbocycles. The summed E-state index contributed by atoms with van der Waals surface area (Å²) in [6.45, 7) is 4.85. The third-order valence-corrected chi connectivity index (χ3v) is 8.79. The van der Waals surface area contributed by atoms with Crippen LogP contribution in [0.4, 0.5) is 8.78 Å². The Bertz CT molecular complexity index is 1320. The van der Waals surface area contributed by atoms with Gasteiger partial charge in [-0.15, -0.1) is 0 Å². The molecule has 0 bridgehead atoms. The van der Waals surface area contributed by atoms with Gasteiger partial charge >= 0.3 is 0 Å². The first-order valence-corrected chi connectivity index (χ1v) is 14.2. The number of benzene rings is 3. The molecule has 0 aromatic heterocycles. The number of nitrogens with zero attached hydrogens (tertiary/aromatic N) is 2. The minimum Gasteiger partial charge on any atom is -0.369 e. The molecule has 2 aliphatic heterocycles. The highest BCUT2D eigenvalue weighted by atomic mass is 19.2. The summed E-state index contributed by atoms with van der Waals surface area (Å²) in [4.78, 5) is 30.9. The molecule has 2 unspecified atom stereocenters. The highest BCUT2D eigenvalue weighted by molar-refractivity contribution is 5.87. The third-order valence-electron chi connectivity index (χ3n) is 8.79. The largest absolute Gasteiger partial charge is 0.369 e. The number of likely N-dealkylation sites (tertiary alicyclic amines) is 2. The minimum absolute atomic E-state index is 0.0280. The van der Waals surface area contributed by atoms with Crippen molar-refractivity contribution in [2.75, 3.05) is 26.2 Å². The number of hydrogen-bond acceptors (Lipinski definition) is 3.